The van der Waals surface area contributed by atoms with Crippen LogP contribution in [-0.4, -0.2) is 19.3 Å². The molecule has 0 aliphatic carbocycles. The third kappa shape index (κ3) is 4.24. The highest BCUT2D eigenvalue weighted by Gasteiger charge is 2.28. The van der Waals surface area contributed by atoms with Gasteiger partial charge in [0.2, 0.25) is 0 Å². The van der Waals surface area contributed by atoms with E-state index < -0.39 is 17.7 Å². The molecule has 2 atom stereocenters. The van der Waals surface area contributed by atoms with E-state index in [1.165, 1.54) is 12.1 Å². The van der Waals surface area contributed by atoms with Crippen LogP contribution in [0.1, 0.15) is 45.2 Å². The first kappa shape index (κ1) is 17.5. The van der Waals surface area contributed by atoms with Gasteiger partial charge in [-0.25, -0.2) is 8.78 Å². The van der Waals surface area contributed by atoms with Crippen LogP contribution in [-0.2, 0) is 4.74 Å². The minimum Gasteiger partial charge on any atom is -0.377 e. The molecule has 0 bridgehead atoms. The smallest absolute Gasteiger partial charge is 0.145 e. The average molecular weight is 350 g/mol. The molecule has 0 fully saturated rings. The molecule has 0 heterocycles. The maximum Gasteiger partial charge on any atom is 0.145 e. The Kier molecular flexibility index (Phi) is 7.62. The van der Waals surface area contributed by atoms with E-state index in [2.05, 4.69) is 21.2 Å². The minimum absolute atomic E-state index is 0.0492. The third-order valence-corrected chi connectivity index (χ3v) is 3.77. The third-order valence-electron chi connectivity index (χ3n) is 3.16. The molecular weight excluding hydrogens is 328 g/mol. The monoisotopic (exact) mass is 349 g/mol. The second kappa shape index (κ2) is 8.70. The summed E-state index contributed by atoms with van der Waals surface area (Å²) >= 11 is 3.12. The standard InChI is InChI=1S/C15H22BrF2NO/c1-4-9-19-15(12(5-2)20-6-3)13-11(17)8-7-10(16)14(13)18/h7-8,12,15,19H,4-6,9H2,1-3H3. The van der Waals surface area contributed by atoms with Gasteiger partial charge < -0.3 is 10.1 Å². The zero-order valence-electron chi connectivity index (χ0n) is 12.2. The molecule has 0 aliphatic heterocycles. The molecule has 0 saturated carbocycles. The molecule has 0 aliphatic rings. The highest BCUT2D eigenvalue weighted by Crippen LogP contribution is 2.30. The lowest BCUT2D eigenvalue weighted by Gasteiger charge is -2.28. The van der Waals surface area contributed by atoms with Gasteiger partial charge in [0.05, 0.1) is 16.6 Å². The molecule has 1 aromatic carbocycles. The predicted octanol–water partition coefficient (Wildman–Crippen LogP) is 4.58. The molecule has 0 amide bonds. The Bertz CT molecular complexity index is 429. The summed E-state index contributed by atoms with van der Waals surface area (Å²) in [6.07, 6.45) is 1.31. The van der Waals surface area contributed by atoms with Gasteiger partial charge in [0.15, 0.2) is 0 Å². The first-order valence-electron chi connectivity index (χ1n) is 7.05. The highest BCUT2D eigenvalue weighted by atomic mass is 79.9. The van der Waals surface area contributed by atoms with Gasteiger partial charge in [-0.2, -0.15) is 0 Å². The summed E-state index contributed by atoms with van der Waals surface area (Å²) < 4.78 is 34.3. The zero-order valence-corrected chi connectivity index (χ0v) is 13.8. The largest absolute Gasteiger partial charge is 0.377 e. The maximum absolute atomic E-state index is 14.3. The van der Waals surface area contributed by atoms with Gasteiger partial charge in [0.25, 0.3) is 0 Å². The van der Waals surface area contributed by atoms with Gasteiger partial charge in [-0.05, 0) is 54.4 Å². The van der Waals surface area contributed by atoms with Crippen LogP contribution < -0.4 is 5.32 Å². The number of rotatable bonds is 8. The molecule has 114 valence electrons. The van der Waals surface area contributed by atoms with E-state index in [1.54, 1.807) is 0 Å². The molecule has 20 heavy (non-hydrogen) atoms. The minimum atomic E-state index is -0.559. The van der Waals surface area contributed by atoms with Crippen molar-refractivity contribution in [2.24, 2.45) is 0 Å². The van der Waals surface area contributed by atoms with Crippen molar-refractivity contribution < 1.29 is 13.5 Å². The highest BCUT2D eigenvalue weighted by molar-refractivity contribution is 9.10. The average Bonchev–Trinajstić information content (AvgIpc) is 2.44. The van der Waals surface area contributed by atoms with Crippen molar-refractivity contribution in [1.82, 2.24) is 5.32 Å². The summed E-state index contributed by atoms with van der Waals surface area (Å²) in [6, 6.07) is 2.17. The van der Waals surface area contributed by atoms with Crippen molar-refractivity contribution in [3.8, 4) is 0 Å². The molecule has 1 rings (SSSR count). The zero-order chi connectivity index (χ0) is 15.1. The van der Waals surface area contributed by atoms with E-state index in [9.17, 15) is 8.78 Å². The van der Waals surface area contributed by atoms with Crippen molar-refractivity contribution >= 4 is 15.9 Å². The Morgan fingerprint density at radius 3 is 2.50 bits per heavy atom. The first-order chi connectivity index (χ1) is 9.56. The van der Waals surface area contributed by atoms with Crippen molar-refractivity contribution in [2.45, 2.75) is 45.8 Å². The van der Waals surface area contributed by atoms with Crippen LogP contribution in [0.25, 0.3) is 0 Å². The van der Waals surface area contributed by atoms with Crippen molar-refractivity contribution in [1.29, 1.82) is 0 Å². The van der Waals surface area contributed by atoms with Crippen LogP contribution in [0.4, 0.5) is 8.78 Å². The van der Waals surface area contributed by atoms with Gasteiger partial charge in [0.1, 0.15) is 11.6 Å². The van der Waals surface area contributed by atoms with E-state index in [0.29, 0.717) is 19.6 Å². The fourth-order valence-electron chi connectivity index (χ4n) is 2.21. The van der Waals surface area contributed by atoms with E-state index >= 15 is 0 Å². The Hall–Kier alpha value is -0.520. The number of hydrogen-bond donors (Lipinski definition) is 1. The molecule has 1 N–H and O–H groups in total. The van der Waals surface area contributed by atoms with Gasteiger partial charge in [-0.1, -0.05) is 13.8 Å². The van der Waals surface area contributed by atoms with Crippen molar-refractivity contribution in [2.75, 3.05) is 13.2 Å². The molecule has 2 nitrogen and oxygen atoms in total. The lowest BCUT2D eigenvalue weighted by Crippen LogP contribution is -2.35. The Labute approximate surface area is 128 Å². The summed E-state index contributed by atoms with van der Waals surface area (Å²) in [4.78, 5) is 0. The van der Waals surface area contributed by atoms with Gasteiger partial charge in [0, 0.05) is 12.2 Å². The second-order valence-electron chi connectivity index (χ2n) is 4.59. The Balaban J connectivity index is 3.18. The van der Waals surface area contributed by atoms with E-state index in [1.807, 2.05) is 20.8 Å². The van der Waals surface area contributed by atoms with Crippen LogP contribution in [0.5, 0.6) is 0 Å². The van der Waals surface area contributed by atoms with Crippen molar-refractivity contribution in [3.63, 3.8) is 0 Å². The summed E-state index contributed by atoms with van der Waals surface area (Å²) in [7, 11) is 0. The Morgan fingerprint density at radius 1 is 1.25 bits per heavy atom. The van der Waals surface area contributed by atoms with Crippen LogP contribution in [0.15, 0.2) is 16.6 Å². The van der Waals surface area contributed by atoms with Gasteiger partial charge >= 0.3 is 0 Å². The lowest BCUT2D eigenvalue weighted by molar-refractivity contribution is 0.0295. The number of ether oxygens (including phenoxy) is 1. The number of nitrogens with one attached hydrogen (secondary N) is 1. The SMILES string of the molecule is CCCNC(c1c(F)ccc(Br)c1F)C(CC)OCC. The quantitative estimate of drug-likeness (QED) is 0.693. The Morgan fingerprint density at radius 2 is 1.95 bits per heavy atom. The molecule has 1 aromatic rings. The molecule has 2 unspecified atom stereocenters. The molecule has 5 heteroatoms. The predicted molar refractivity (Wildman–Crippen MR) is 80.8 cm³/mol. The number of hydrogen-bond acceptors (Lipinski definition) is 2. The van der Waals surface area contributed by atoms with E-state index in [4.69, 9.17) is 4.74 Å². The summed E-state index contributed by atoms with van der Waals surface area (Å²) in [5, 5.41) is 3.20. The molecule has 0 aromatic heterocycles. The fourth-order valence-corrected chi connectivity index (χ4v) is 2.56. The van der Waals surface area contributed by atoms with E-state index in [0.717, 1.165) is 6.42 Å². The van der Waals surface area contributed by atoms with E-state index in [-0.39, 0.29) is 16.1 Å². The van der Waals surface area contributed by atoms with Crippen LogP contribution in [0, 0.1) is 11.6 Å². The topological polar surface area (TPSA) is 21.3 Å². The fraction of sp³-hybridized carbons (Fsp3) is 0.600. The molecule has 0 radical (unpaired) electrons. The number of benzene rings is 1. The maximum atomic E-state index is 14.3. The van der Waals surface area contributed by atoms with Crippen LogP contribution in [0.2, 0.25) is 0 Å². The molecule has 0 spiro atoms. The van der Waals surface area contributed by atoms with Crippen LogP contribution >= 0.6 is 15.9 Å². The summed E-state index contributed by atoms with van der Waals surface area (Å²) in [5.41, 5.74) is 0.0492. The lowest BCUT2D eigenvalue weighted by atomic mass is 9.98. The van der Waals surface area contributed by atoms with Gasteiger partial charge in [-0.3, -0.25) is 0 Å². The molecule has 0 saturated heterocycles. The van der Waals surface area contributed by atoms with Crippen molar-refractivity contribution in [3.05, 3.63) is 33.8 Å². The normalized spacial score (nSPS) is 14.3. The second-order valence-corrected chi connectivity index (χ2v) is 5.45. The number of halogens is 3. The van der Waals surface area contributed by atoms with Crippen LogP contribution in [0.3, 0.4) is 0 Å². The summed E-state index contributed by atoms with van der Waals surface area (Å²) in [6.45, 7) is 7.04. The van der Waals surface area contributed by atoms with Gasteiger partial charge in [-0.15, -0.1) is 0 Å². The molecular formula is C15H22BrF2NO. The first-order valence-corrected chi connectivity index (χ1v) is 7.84. The summed E-state index contributed by atoms with van der Waals surface area (Å²) in [5.74, 6) is -1.10.